The average molecular weight is 286 g/mol. The highest BCUT2D eigenvalue weighted by Gasteiger charge is 2.27. The summed E-state index contributed by atoms with van der Waals surface area (Å²) in [5.41, 5.74) is 0.878. The van der Waals surface area contributed by atoms with Crippen LogP contribution in [-0.2, 0) is 4.79 Å². The number of carbonyl (C=O) groups is 1. The largest absolute Gasteiger partial charge is 0.508 e. The van der Waals surface area contributed by atoms with Crippen LogP contribution in [0, 0.1) is 0 Å². The molecular weight excluding hydrogens is 276 g/mol. The van der Waals surface area contributed by atoms with Crippen molar-refractivity contribution >= 4 is 17.6 Å². The first-order valence-electron chi connectivity index (χ1n) is 5.98. The number of fused-ring (bicyclic) bond motifs is 1. The van der Waals surface area contributed by atoms with Crippen molar-refractivity contribution in [3.8, 4) is 28.7 Å². The Morgan fingerprint density at radius 3 is 2.29 bits per heavy atom. The first-order chi connectivity index (χ1) is 9.95. The molecule has 2 aromatic rings. The lowest BCUT2D eigenvalue weighted by Gasteiger charge is -2.03. The van der Waals surface area contributed by atoms with Crippen LogP contribution in [-0.4, -0.2) is 26.4 Å². The molecule has 4 N–H and O–H groups in total. The molecule has 21 heavy (non-hydrogen) atoms. The maximum Gasteiger partial charge on any atom is 0.344 e. The molecule has 0 amide bonds. The first-order valence-corrected chi connectivity index (χ1v) is 5.98. The number of rotatable bonds is 1. The SMILES string of the molecule is O=C1Oc2ccc(O)cc2/C1=C\c1cc(O)c(O)c(O)c1. The Hall–Kier alpha value is -3.15. The Kier molecular flexibility index (Phi) is 2.72. The fraction of sp³-hybridized carbons (Fsp3) is 0. The van der Waals surface area contributed by atoms with Crippen LogP contribution >= 0.6 is 0 Å². The van der Waals surface area contributed by atoms with Gasteiger partial charge in [-0.05, 0) is 42.0 Å². The van der Waals surface area contributed by atoms with E-state index in [-0.39, 0.29) is 11.3 Å². The third kappa shape index (κ3) is 2.12. The van der Waals surface area contributed by atoms with Gasteiger partial charge in [0.25, 0.3) is 0 Å². The van der Waals surface area contributed by atoms with Crippen LogP contribution in [0.4, 0.5) is 0 Å². The molecule has 0 atom stereocenters. The van der Waals surface area contributed by atoms with Gasteiger partial charge < -0.3 is 25.2 Å². The van der Waals surface area contributed by atoms with Gasteiger partial charge in [0, 0.05) is 5.56 Å². The Morgan fingerprint density at radius 2 is 1.62 bits per heavy atom. The van der Waals surface area contributed by atoms with Gasteiger partial charge in [0.2, 0.25) is 0 Å². The van der Waals surface area contributed by atoms with E-state index in [1.807, 2.05) is 0 Å². The maximum atomic E-state index is 11.8. The lowest BCUT2D eigenvalue weighted by molar-refractivity contribution is -0.126. The second-order valence-corrected chi connectivity index (χ2v) is 4.54. The van der Waals surface area contributed by atoms with Crippen molar-refractivity contribution in [3.63, 3.8) is 0 Å². The summed E-state index contributed by atoms with van der Waals surface area (Å²) in [4.78, 5) is 11.8. The molecule has 0 saturated heterocycles. The van der Waals surface area contributed by atoms with E-state index in [1.54, 1.807) is 0 Å². The Balaban J connectivity index is 2.13. The summed E-state index contributed by atoms with van der Waals surface area (Å²) in [5.74, 6) is -1.97. The molecule has 6 heteroatoms. The lowest BCUT2D eigenvalue weighted by atomic mass is 10.0. The Labute approximate surface area is 118 Å². The summed E-state index contributed by atoms with van der Waals surface area (Å²) in [5, 5.41) is 37.7. The van der Waals surface area contributed by atoms with E-state index in [2.05, 4.69) is 0 Å². The summed E-state index contributed by atoms with van der Waals surface area (Å²) < 4.78 is 5.04. The van der Waals surface area contributed by atoms with Gasteiger partial charge in [0.15, 0.2) is 17.2 Å². The minimum Gasteiger partial charge on any atom is -0.508 e. The van der Waals surface area contributed by atoms with Gasteiger partial charge >= 0.3 is 5.97 Å². The molecule has 0 bridgehead atoms. The number of benzene rings is 2. The minimum absolute atomic E-state index is 0.0191. The molecule has 2 aromatic carbocycles. The number of hydrogen-bond donors (Lipinski definition) is 4. The normalized spacial score (nSPS) is 15.0. The van der Waals surface area contributed by atoms with Crippen molar-refractivity contribution in [2.45, 2.75) is 0 Å². The van der Waals surface area contributed by atoms with Crippen molar-refractivity contribution in [1.29, 1.82) is 0 Å². The monoisotopic (exact) mass is 286 g/mol. The summed E-state index contributed by atoms with van der Waals surface area (Å²) >= 11 is 0. The fourth-order valence-electron chi connectivity index (χ4n) is 2.09. The van der Waals surface area contributed by atoms with Crippen molar-refractivity contribution in [3.05, 3.63) is 41.5 Å². The molecule has 3 rings (SSSR count). The van der Waals surface area contributed by atoms with Gasteiger partial charge in [0.05, 0.1) is 5.57 Å². The molecule has 0 aliphatic carbocycles. The van der Waals surface area contributed by atoms with Crippen molar-refractivity contribution in [2.24, 2.45) is 0 Å². The standard InChI is InChI=1S/C15H10O6/c16-8-1-2-13-9(6-8)10(15(20)21-13)3-7-4-11(17)14(19)12(18)5-7/h1-6,16-19H/b10-3+. The van der Waals surface area contributed by atoms with E-state index in [0.29, 0.717) is 16.9 Å². The van der Waals surface area contributed by atoms with Gasteiger partial charge in [-0.2, -0.15) is 0 Å². The van der Waals surface area contributed by atoms with Crippen molar-refractivity contribution < 1.29 is 30.0 Å². The lowest BCUT2D eigenvalue weighted by Crippen LogP contribution is -2.00. The molecule has 0 aromatic heterocycles. The first kappa shape index (κ1) is 12.9. The van der Waals surface area contributed by atoms with Crippen molar-refractivity contribution in [2.75, 3.05) is 0 Å². The second kappa shape index (κ2) is 4.45. The highest BCUT2D eigenvalue weighted by molar-refractivity contribution is 6.26. The topological polar surface area (TPSA) is 107 Å². The van der Waals surface area contributed by atoms with Crippen LogP contribution in [0.25, 0.3) is 11.6 Å². The zero-order valence-electron chi connectivity index (χ0n) is 10.6. The maximum absolute atomic E-state index is 11.8. The molecule has 0 radical (unpaired) electrons. The van der Waals surface area contributed by atoms with E-state index in [9.17, 15) is 25.2 Å². The molecule has 1 aliphatic heterocycles. The zero-order valence-corrected chi connectivity index (χ0v) is 10.6. The molecule has 1 heterocycles. The van der Waals surface area contributed by atoms with Gasteiger partial charge in [0.1, 0.15) is 11.5 Å². The number of phenols is 4. The number of carbonyl (C=O) groups excluding carboxylic acids is 1. The number of aromatic hydroxyl groups is 4. The quantitative estimate of drug-likeness (QED) is 0.276. The molecular formula is C15H10O6. The Bertz CT molecular complexity index is 768. The fourth-order valence-corrected chi connectivity index (χ4v) is 2.09. The highest BCUT2D eigenvalue weighted by Crippen LogP contribution is 2.40. The third-order valence-corrected chi connectivity index (χ3v) is 3.08. The van der Waals surface area contributed by atoms with E-state index in [0.717, 1.165) is 0 Å². The smallest absolute Gasteiger partial charge is 0.344 e. The molecule has 106 valence electrons. The van der Waals surface area contributed by atoms with Crippen LogP contribution in [0.5, 0.6) is 28.7 Å². The second-order valence-electron chi connectivity index (χ2n) is 4.54. The molecule has 0 spiro atoms. The van der Waals surface area contributed by atoms with E-state index >= 15 is 0 Å². The van der Waals surface area contributed by atoms with Gasteiger partial charge in [-0.1, -0.05) is 0 Å². The molecule has 0 unspecified atom stereocenters. The van der Waals surface area contributed by atoms with E-state index in [4.69, 9.17) is 4.74 Å². The predicted molar refractivity (Wildman–Crippen MR) is 73.0 cm³/mol. The molecule has 0 saturated carbocycles. The molecule has 0 fully saturated rings. The van der Waals surface area contributed by atoms with E-state index < -0.39 is 23.2 Å². The summed E-state index contributed by atoms with van der Waals surface area (Å²) in [6.45, 7) is 0. The van der Waals surface area contributed by atoms with Crippen LogP contribution < -0.4 is 4.74 Å². The number of esters is 1. The molecule has 6 nitrogen and oxygen atoms in total. The van der Waals surface area contributed by atoms with Crippen LogP contribution in [0.2, 0.25) is 0 Å². The third-order valence-electron chi connectivity index (χ3n) is 3.08. The van der Waals surface area contributed by atoms with Crippen LogP contribution in [0.15, 0.2) is 30.3 Å². The van der Waals surface area contributed by atoms with E-state index in [1.165, 1.54) is 36.4 Å². The Morgan fingerprint density at radius 1 is 0.952 bits per heavy atom. The van der Waals surface area contributed by atoms with Crippen LogP contribution in [0.1, 0.15) is 11.1 Å². The summed E-state index contributed by atoms with van der Waals surface area (Å²) in [7, 11) is 0. The molecule has 1 aliphatic rings. The van der Waals surface area contributed by atoms with Gasteiger partial charge in [-0.3, -0.25) is 0 Å². The number of hydrogen-bond acceptors (Lipinski definition) is 6. The number of phenolic OH excluding ortho intramolecular Hbond substituents is 4. The minimum atomic E-state index is -0.635. The highest BCUT2D eigenvalue weighted by atomic mass is 16.5. The van der Waals surface area contributed by atoms with Gasteiger partial charge in [-0.25, -0.2) is 4.79 Å². The van der Waals surface area contributed by atoms with Gasteiger partial charge in [-0.15, -0.1) is 0 Å². The van der Waals surface area contributed by atoms with Crippen LogP contribution in [0.3, 0.4) is 0 Å². The summed E-state index contributed by atoms with van der Waals surface area (Å²) in [6, 6.07) is 6.63. The predicted octanol–water partition coefficient (Wildman–Crippen LogP) is 1.97. The number of ether oxygens (including phenoxy) is 1. The summed E-state index contributed by atoms with van der Waals surface area (Å²) in [6.07, 6.45) is 1.38. The average Bonchev–Trinajstić information content (AvgIpc) is 2.72. The van der Waals surface area contributed by atoms with Crippen molar-refractivity contribution in [1.82, 2.24) is 0 Å². The zero-order chi connectivity index (χ0) is 15.1.